The predicted molar refractivity (Wildman–Crippen MR) is 90.0 cm³/mol. The first-order valence-electron chi connectivity index (χ1n) is 7.27. The van der Waals surface area contributed by atoms with Crippen LogP contribution in [0.2, 0.25) is 0 Å². The topological polar surface area (TPSA) is 79.4 Å². The highest BCUT2D eigenvalue weighted by Crippen LogP contribution is 2.23. The zero-order chi connectivity index (χ0) is 16.7. The average Bonchev–Trinajstić information content (AvgIpc) is 2.55. The average molecular weight is 315 g/mol. The number of rotatable bonds is 7. The van der Waals surface area contributed by atoms with Crippen LogP contribution >= 0.6 is 0 Å². The van der Waals surface area contributed by atoms with Gasteiger partial charge >= 0.3 is 0 Å². The first-order valence-corrected chi connectivity index (χ1v) is 7.27. The van der Waals surface area contributed by atoms with Crippen molar-refractivity contribution in [1.82, 2.24) is 15.1 Å². The van der Waals surface area contributed by atoms with Crippen LogP contribution in [0.5, 0.6) is 5.75 Å². The molecule has 0 spiro atoms. The van der Waals surface area contributed by atoms with Gasteiger partial charge in [-0.2, -0.15) is 0 Å². The molecule has 7 heteroatoms. The molecule has 0 aliphatic heterocycles. The number of anilines is 2. The largest absolute Gasteiger partial charge is 0.495 e. The van der Waals surface area contributed by atoms with E-state index in [2.05, 4.69) is 25.7 Å². The molecule has 0 unspecified atom stereocenters. The van der Waals surface area contributed by atoms with E-state index in [0.29, 0.717) is 17.3 Å². The normalized spacial score (nSPS) is 10.4. The highest BCUT2D eigenvalue weighted by Gasteiger charge is 2.11. The van der Waals surface area contributed by atoms with Crippen molar-refractivity contribution in [3.63, 3.8) is 0 Å². The molecule has 0 saturated carbocycles. The zero-order valence-electron chi connectivity index (χ0n) is 13.5. The lowest BCUT2D eigenvalue weighted by Gasteiger charge is -2.11. The Hall–Kier alpha value is -2.67. The van der Waals surface area contributed by atoms with Crippen LogP contribution in [-0.2, 0) is 0 Å². The minimum absolute atomic E-state index is 0.245. The molecule has 1 aromatic heterocycles. The van der Waals surface area contributed by atoms with Gasteiger partial charge in [-0.3, -0.25) is 4.79 Å². The smallest absolute Gasteiger partial charge is 0.276 e. The van der Waals surface area contributed by atoms with Crippen LogP contribution in [-0.4, -0.2) is 55.3 Å². The second-order valence-electron chi connectivity index (χ2n) is 5.19. The Morgan fingerprint density at radius 3 is 2.61 bits per heavy atom. The number of carbonyl (C=O) groups is 1. The molecule has 1 heterocycles. The van der Waals surface area contributed by atoms with Crippen molar-refractivity contribution in [3.8, 4) is 5.75 Å². The molecule has 0 fully saturated rings. The summed E-state index contributed by atoms with van der Waals surface area (Å²) in [6, 6.07) is 10.6. The van der Waals surface area contributed by atoms with Crippen LogP contribution in [0.1, 0.15) is 10.5 Å². The number of ether oxygens (including phenoxy) is 1. The number of para-hydroxylation sites is 2. The van der Waals surface area contributed by atoms with Crippen LogP contribution in [0, 0.1) is 0 Å². The van der Waals surface area contributed by atoms with Gasteiger partial charge in [-0.15, -0.1) is 10.2 Å². The number of methoxy groups -OCH3 is 1. The van der Waals surface area contributed by atoms with Crippen LogP contribution in [0.15, 0.2) is 36.4 Å². The summed E-state index contributed by atoms with van der Waals surface area (Å²) in [6.07, 6.45) is 0. The van der Waals surface area contributed by atoms with Gasteiger partial charge in [0.05, 0.1) is 12.8 Å². The Morgan fingerprint density at radius 2 is 1.96 bits per heavy atom. The SMILES string of the molecule is COc1ccccc1NC(=O)c1ccc(NCCN(C)C)nn1. The minimum Gasteiger partial charge on any atom is -0.495 e. The Balaban J connectivity index is 1.97. The van der Waals surface area contributed by atoms with Gasteiger partial charge in [0.15, 0.2) is 5.69 Å². The Bertz CT molecular complexity index is 643. The van der Waals surface area contributed by atoms with Crippen molar-refractivity contribution in [2.45, 2.75) is 0 Å². The van der Waals surface area contributed by atoms with Crippen molar-refractivity contribution < 1.29 is 9.53 Å². The highest BCUT2D eigenvalue weighted by atomic mass is 16.5. The molecule has 2 rings (SSSR count). The second kappa shape index (κ2) is 8.09. The number of benzene rings is 1. The van der Waals surface area contributed by atoms with Crippen molar-refractivity contribution in [3.05, 3.63) is 42.1 Å². The molecule has 0 bridgehead atoms. The van der Waals surface area contributed by atoms with Crippen molar-refractivity contribution in [2.75, 3.05) is 44.9 Å². The molecular weight excluding hydrogens is 294 g/mol. The fourth-order valence-corrected chi connectivity index (χ4v) is 1.89. The Kier molecular flexibility index (Phi) is 5.87. The molecule has 1 amide bonds. The third-order valence-electron chi connectivity index (χ3n) is 3.12. The summed E-state index contributed by atoms with van der Waals surface area (Å²) in [5.74, 6) is 0.901. The molecule has 0 aliphatic rings. The van der Waals surface area contributed by atoms with Gasteiger partial charge in [-0.05, 0) is 38.4 Å². The van der Waals surface area contributed by atoms with E-state index in [1.54, 1.807) is 31.4 Å². The van der Waals surface area contributed by atoms with E-state index in [9.17, 15) is 4.79 Å². The van der Waals surface area contributed by atoms with Crippen LogP contribution in [0.3, 0.4) is 0 Å². The summed E-state index contributed by atoms with van der Waals surface area (Å²) < 4.78 is 5.20. The summed E-state index contributed by atoms with van der Waals surface area (Å²) in [4.78, 5) is 14.3. The summed E-state index contributed by atoms with van der Waals surface area (Å²) in [7, 11) is 5.55. The van der Waals surface area contributed by atoms with Gasteiger partial charge in [0.2, 0.25) is 0 Å². The molecule has 2 N–H and O–H groups in total. The van der Waals surface area contributed by atoms with Gasteiger partial charge in [0.1, 0.15) is 11.6 Å². The summed E-state index contributed by atoms with van der Waals surface area (Å²) in [5.41, 5.74) is 0.837. The maximum Gasteiger partial charge on any atom is 0.276 e. The minimum atomic E-state index is -0.332. The number of aromatic nitrogens is 2. The van der Waals surface area contributed by atoms with E-state index in [0.717, 1.165) is 13.1 Å². The molecule has 7 nitrogen and oxygen atoms in total. The zero-order valence-corrected chi connectivity index (χ0v) is 13.5. The quantitative estimate of drug-likeness (QED) is 0.810. The molecule has 2 aromatic rings. The van der Waals surface area contributed by atoms with Crippen molar-refractivity contribution >= 4 is 17.4 Å². The van der Waals surface area contributed by atoms with E-state index in [1.165, 1.54) is 0 Å². The molecule has 0 atom stereocenters. The molecule has 0 saturated heterocycles. The first-order chi connectivity index (χ1) is 11.1. The van der Waals surface area contributed by atoms with E-state index >= 15 is 0 Å². The number of hydrogen-bond acceptors (Lipinski definition) is 6. The Labute approximate surface area is 135 Å². The lowest BCUT2D eigenvalue weighted by atomic mass is 10.2. The van der Waals surface area contributed by atoms with E-state index in [4.69, 9.17) is 4.74 Å². The predicted octanol–water partition coefficient (Wildman–Crippen LogP) is 1.71. The number of hydrogen-bond donors (Lipinski definition) is 2. The van der Waals surface area contributed by atoms with Gasteiger partial charge in [-0.25, -0.2) is 0 Å². The summed E-state index contributed by atoms with van der Waals surface area (Å²) in [5, 5.41) is 13.9. The van der Waals surface area contributed by atoms with Crippen LogP contribution in [0.4, 0.5) is 11.5 Å². The maximum atomic E-state index is 12.2. The molecule has 0 aliphatic carbocycles. The molecule has 122 valence electrons. The number of likely N-dealkylation sites (N-methyl/N-ethyl adjacent to an activating group) is 1. The van der Waals surface area contributed by atoms with Gasteiger partial charge in [-0.1, -0.05) is 12.1 Å². The van der Waals surface area contributed by atoms with Gasteiger partial charge in [0.25, 0.3) is 5.91 Å². The third-order valence-corrected chi connectivity index (χ3v) is 3.12. The fraction of sp³-hybridized carbons (Fsp3) is 0.312. The monoisotopic (exact) mass is 315 g/mol. The van der Waals surface area contributed by atoms with Crippen molar-refractivity contribution in [1.29, 1.82) is 0 Å². The molecule has 0 radical (unpaired) electrons. The second-order valence-corrected chi connectivity index (χ2v) is 5.19. The van der Waals surface area contributed by atoms with E-state index < -0.39 is 0 Å². The Morgan fingerprint density at radius 1 is 1.17 bits per heavy atom. The lowest BCUT2D eigenvalue weighted by Crippen LogP contribution is -2.21. The highest BCUT2D eigenvalue weighted by molar-refractivity contribution is 6.03. The summed E-state index contributed by atoms with van der Waals surface area (Å²) >= 11 is 0. The van der Waals surface area contributed by atoms with Gasteiger partial charge in [0, 0.05) is 13.1 Å². The van der Waals surface area contributed by atoms with Gasteiger partial charge < -0.3 is 20.3 Å². The van der Waals surface area contributed by atoms with E-state index in [1.807, 2.05) is 26.2 Å². The molecule has 1 aromatic carbocycles. The maximum absolute atomic E-state index is 12.2. The molecular formula is C16H21N5O2. The number of nitrogens with one attached hydrogen (secondary N) is 2. The van der Waals surface area contributed by atoms with E-state index in [-0.39, 0.29) is 11.6 Å². The lowest BCUT2D eigenvalue weighted by molar-refractivity contribution is 0.102. The first kappa shape index (κ1) is 16.7. The molecule has 23 heavy (non-hydrogen) atoms. The van der Waals surface area contributed by atoms with Crippen LogP contribution in [0.25, 0.3) is 0 Å². The van der Waals surface area contributed by atoms with Crippen LogP contribution < -0.4 is 15.4 Å². The number of amides is 1. The standard InChI is InChI=1S/C16H21N5O2/c1-21(2)11-10-17-15-9-8-13(19-20-15)16(22)18-12-6-4-5-7-14(12)23-3/h4-9H,10-11H2,1-3H3,(H,17,20)(H,18,22). The number of carbonyl (C=O) groups excluding carboxylic acids is 1. The number of nitrogens with zero attached hydrogens (tertiary/aromatic N) is 3. The van der Waals surface area contributed by atoms with Crippen molar-refractivity contribution in [2.24, 2.45) is 0 Å². The summed E-state index contributed by atoms with van der Waals surface area (Å²) in [6.45, 7) is 1.64. The third kappa shape index (κ3) is 4.93. The fourth-order valence-electron chi connectivity index (χ4n) is 1.89.